The summed E-state index contributed by atoms with van der Waals surface area (Å²) in [5.74, 6) is 0.872. The highest BCUT2D eigenvalue weighted by Crippen LogP contribution is 2.29. The predicted octanol–water partition coefficient (Wildman–Crippen LogP) is 4.41. The summed E-state index contributed by atoms with van der Waals surface area (Å²) >= 11 is 6.04. The SMILES string of the molecule is COc1cc(C(C)=O)ccc1OCCCC(=O)Nc1cc(Cl)ccc1N(C)C. The molecule has 0 bridgehead atoms. The van der Waals surface area contributed by atoms with Crippen LogP contribution in [0.15, 0.2) is 36.4 Å². The van der Waals surface area contributed by atoms with Crippen LogP contribution in [-0.2, 0) is 4.79 Å². The van der Waals surface area contributed by atoms with Gasteiger partial charge in [-0.1, -0.05) is 11.6 Å². The summed E-state index contributed by atoms with van der Waals surface area (Å²) < 4.78 is 11.0. The van der Waals surface area contributed by atoms with E-state index in [0.29, 0.717) is 47.2 Å². The zero-order chi connectivity index (χ0) is 20.7. The number of rotatable bonds is 9. The van der Waals surface area contributed by atoms with E-state index >= 15 is 0 Å². The second kappa shape index (κ2) is 9.99. The van der Waals surface area contributed by atoms with Crippen molar-refractivity contribution in [1.29, 1.82) is 0 Å². The highest BCUT2D eigenvalue weighted by Gasteiger charge is 2.11. The Hall–Kier alpha value is -2.73. The van der Waals surface area contributed by atoms with Gasteiger partial charge in [0.05, 0.1) is 25.1 Å². The molecule has 28 heavy (non-hydrogen) atoms. The number of nitrogens with zero attached hydrogens (tertiary/aromatic N) is 1. The summed E-state index contributed by atoms with van der Waals surface area (Å²) in [5.41, 5.74) is 2.11. The van der Waals surface area contributed by atoms with Gasteiger partial charge in [-0.2, -0.15) is 0 Å². The molecule has 0 aliphatic heterocycles. The number of carbonyl (C=O) groups is 2. The Labute approximate surface area is 170 Å². The molecule has 1 amide bonds. The average molecular weight is 405 g/mol. The van der Waals surface area contributed by atoms with Crippen LogP contribution in [0.25, 0.3) is 0 Å². The molecule has 2 rings (SSSR count). The van der Waals surface area contributed by atoms with E-state index in [1.807, 2.05) is 25.1 Å². The van der Waals surface area contributed by atoms with Crippen molar-refractivity contribution in [2.24, 2.45) is 0 Å². The van der Waals surface area contributed by atoms with Gasteiger partial charge in [0.2, 0.25) is 5.91 Å². The summed E-state index contributed by atoms with van der Waals surface area (Å²) in [6.07, 6.45) is 0.828. The number of ketones is 1. The third-order valence-corrected chi connectivity index (χ3v) is 4.33. The van der Waals surface area contributed by atoms with Gasteiger partial charge in [0.25, 0.3) is 0 Å². The monoisotopic (exact) mass is 404 g/mol. The molecule has 0 aliphatic rings. The zero-order valence-electron chi connectivity index (χ0n) is 16.5. The van der Waals surface area contributed by atoms with Gasteiger partial charge < -0.3 is 19.7 Å². The molecule has 0 radical (unpaired) electrons. The minimum absolute atomic E-state index is 0.0420. The number of nitrogens with one attached hydrogen (secondary N) is 1. The van der Waals surface area contributed by atoms with Gasteiger partial charge >= 0.3 is 0 Å². The molecule has 150 valence electrons. The van der Waals surface area contributed by atoms with E-state index in [0.717, 1.165) is 5.69 Å². The maximum absolute atomic E-state index is 12.3. The predicted molar refractivity (Wildman–Crippen MR) is 112 cm³/mol. The third-order valence-electron chi connectivity index (χ3n) is 4.09. The van der Waals surface area contributed by atoms with Crippen LogP contribution in [0.4, 0.5) is 11.4 Å². The van der Waals surface area contributed by atoms with Gasteiger partial charge in [0.15, 0.2) is 17.3 Å². The largest absolute Gasteiger partial charge is 0.493 e. The standard InChI is InChI=1S/C21H25ClN2O4/c1-14(25)15-7-10-19(20(12-15)27-4)28-11-5-6-21(26)23-17-13-16(22)8-9-18(17)24(2)3/h7-10,12-13H,5-6,11H2,1-4H3,(H,23,26). The number of amides is 1. The number of Topliss-reactive ketones (excluding diaryl/α,β-unsaturated/α-hetero) is 1. The maximum Gasteiger partial charge on any atom is 0.224 e. The smallest absolute Gasteiger partial charge is 0.224 e. The lowest BCUT2D eigenvalue weighted by atomic mass is 10.1. The summed E-state index contributed by atoms with van der Waals surface area (Å²) in [6.45, 7) is 1.84. The van der Waals surface area contributed by atoms with E-state index in [2.05, 4.69) is 5.32 Å². The van der Waals surface area contributed by atoms with E-state index in [1.54, 1.807) is 30.3 Å². The van der Waals surface area contributed by atoms with Gasteiger partial charge in [-0.25, -0.2) is 0 Å². The van der Waals surface area contributed by atoms with Crippen molar-refractivity contribution in [3.05, 3.63) is 47.0 Å². The number of hydrogen-bond acceptors (Lipinski definition) is 5. The van der Waals surface area contributed by atoms with Crippen molar-refractivity contribution < 1.29 is 19.1 Å². The molecule has 0 aliphatic carbocycles. The second-order valence-corrected chi connectivity index (χ2v) is 6.91. The number of benzene rings is 2. The number of hydrogen-bond donors (Lipinski definition) is 1. The number of carbonyl (C=O) groups excluding carboxylic acids is 2. The Kier molecular flexibility index (Phi) is 7.70. The van der Waals surface area contributed by atoms with Crippen LogP contribution in [0.5, 0.6) is 11.5 Å². The molecule has 0 saturated carbocycles. The Morgan fingerprint density at radius 1 is 1.11 bits per heavy atom. The fourth-order valence-corrected chi connectivity index (χ4v) is 2.80. The molecule has 0 heterocycles. The van der Waals surface area contributed by atoms with Crippen LogP contribution >= 0.6 is 11.6 Å². The minimum Gasteiger partial charge on any atom is -0.493 e. The van der Waals surface area contributed by atoms with Crippen molar-refractivity contribution in [1.82, 2.24) is 0 Å². The topological polar surface area (TPSA) is 67.9 Å². The fraction of sp³-hybridized carbons (Fsp3) is 0.333. The summed E-state index contributed by atoms with van der Waals surface area (Å²) in [7, 11) is 5.32. The molecular formula is C21H25ClN2O4. The van der Waals surface area contributed by atoms with Crippen LogP contribution in [0.2, 0.25) is 5.02 Å². The van der Waals surface area contributed by atoms with Crippen molar-refractivity contribution in [3.63, 3.8) is 0 Å². The highest BCUT2D eigenvalue weighted by atomic mass is 35.5. The molecule has 2 aromatic rings. The van der Waals surface area contributed by atoms with Crippen molar-refractivity contribution in [2.45, 2.75) is 19.8 Å². The van der Waals surface area contributed by atoms with Crippen LogP contribution in [0.3, 0.4) is 0 Å². The summed E-state index contributed by atoms with van der Waals surface area (Å²) in [4.78, 5) is 25.6. The number of methoxy groups -OCH3 is 1. The van der Waals surface area contributed by atoms with Crippen LogP contribution in [0.1, 0.15) is 30.1 Å². The number of ether oxygens (including phenoxy) is 2. The highest BCUT2D eigenvalue weighted by molar-refractivity contribution is 6.31. The zero-order valence-corrected chi connectivity index (χ0v) is 17.3. The Morgan fingerprint density at radius 2 is 1.86 bits per heavy atom. The lowest BCUT2D eigenvalue weighted by Gasteiger charge is -2.18. The Bertz CT molecular complexity index is 852. The normalized spacial score (nSPS) is 10.3. The molecule has 0 spiro atoms. The Balaban J connectivity index is 1.88. The molecule has 0 aromatic heterocycles. The van der Waals surface area contributed by atoms with E-state index < -0.39 is 0 Å². The molecular weight excluding hydrogens is 380 g/mol. The minimum atomic E-state index is -0.118. The molecule has 2 aromatic carbocycles. The first-order valence-corrected chi connectivity index (χ1v) is 9.28. The van der Waals surface area contributed by atoms with Crippen LogP contribution < -0.4 is 19.7 Å². The second-order valence-electron chi connectivity index (χ2n) is 6.48. The molecule has 0 fully saturated rings. The maximum atomic E-state index is 12.3. The van der Waals surface area contributed by atoms with Gasteiger partial charge in [-0.3, -0.25) is 9.59 Å². The summed E-state index contributed by atoms with van der Waals surface area (Å²) in [6, 6.07) is 10.4. The molecule has 6 nitrogen and oxygen atoms in total. The van der Waals surface area contributed by atoms with Gasteiger partial charge in [-0.05, 0) is 49.7 Å². The lowest BCUT2D eigenvalue weighted by Crippen LogP contribution is -2.17. The molecule has 0 saturated heterocycles. The summed E-state index contributed by atoms with van der Waals surface area (Å²) in [5, 5.41) is 3.45. The number of halogens is 1. The van der Waals surface area contributed by atoms with Crippen LogP contribution in [0, 0.1) is 0 Å². The van der Waals surface area contributed by atoms with Gasteiger partial charge in [-0.15, -0.1) is 0 Å². The van der Waals surface area contributed by atoms with E-state index in [1.165, 1.54) is 14.0 Å². The van der Waals surface area contributed by atoms with E-state index in [-0.39, 0.29) is 11.7 Å². The van der Waals surface area contributed by atoms with Crippen molar-refractivity contribution in [2.75, 3.05) is 38.0 Å². The quantitative estimate of drug-likeness (QED) is 0.495. The first-order valence-electron chi connectivity index (χ1n) is 8.90. The van der Waals surface area contributed by atoms with E-state index in [4.69, 9.17) is 21.1 Å². The third kappa shape index (κ3) is 5.89. The lowest BCUT2D eigenvalue weighted by molar-refractivity contribution is -0.116. The van der Waals surface area contributed by atoms with E-state index in [9.17, 15) is 9.59 Å². The average Bonchev–Trinajstić information content (AvgIpc) is 2.64. The molecule has 0 unspecified atom stereocenters. The number of anilines is 2. The molecule has 7 heteroatoms. The van der Waals surface area contributed by atoms with Crippen LogP contribution in [-0.4, -0.2) is 39.5 Å². The molecule has 1 N–H and O–H groups in total. The van der Waals surface area contributed by atoms with Gasteiger partial charge in [0.1, 0.15) is 0 Å². The van der Waals surface area contributed by atoms with Crippen molar-refractivity contribution >= 4 is 34.7 Å². The first-order chi connectivity index (χ1) is 13.3. The Morgan fingerprint density at radius 3 is 2.50 bits per heavy atom. The first kappa shape index (κ1) is 21.6. The van der Waals surface area contributed by atoms with Crippen molar-refractivity contribution in [3.8, 4) is 11.5 Å². The van der Waals surface area contributed by atoms with Gasteiger partial charge in [0, 0.05) is 31.1 Å². The fourth-order valence-electron chi connectivity index (χ4n) is 2.63. The molecule has 0 atom stereocenters.